The van der Waals surface area contributed by atoms with Crippen molar-refractivity contribution in [2.75, 3.05) is 0 Å². The summed E-state index contributed by atoms with van der Waals surface area (Å²) in [5.74, 6) is 0.0268. The molecule has 4 rings (SSSR count). The van der Waals surface area contributed by atoms with Crippen molar-refractivity contribution in [3.05, 3.63) is 42.2 Å². The van der Waals surface area contributed by atoms with Crippen LogP contribution in [0.15, 0.2) is 30.9 Å². The Hall–Kier alpha value is -2.24. The van der Waals surface area contributed by atoms with Gasteiger partial charge in [0.25, 0.3) is 5.91 Å². The van der Waals surface area contributed by atoms with Gasteiger partial charge in [0, 0.05) is 30.7 Å². The van der Waals surface area contributed by atoms with Gasteiger partial charge in [-0.3, -0.25) is 14.5 Å². The number of piperidine rings is 1. The van der Waals surface area contributed by atoms with Gasteiger partial charge in [-0.2, -0.15) is 5.10 Å². The largest absolute Gasteiger partial charge is 0.331 e. The van der Waals surface area contributed by atoms with E-state index in [-0.39, 0.29) is 5.91 Å². The molecule has 114 valence electrons. The molecule has 6 nitrogen and oxygen atoms in total. The quantitative estimate of drug-likeness (QED) is 0.850. The lowest BCUT2D eigenvalue weighted by molar-refractivity contribution is 0.0518. The fraction of sp³-hybridized carbons (Fsp3) is 0.500. The van der Waals surface area contributed by atoms with Crippen LogP contribution in [0.3, 0.4) is 0 Å². The van der Waals surface area contributed by atoms with Crippen LogP contribution in [-0.2, 0) is 0 Å². The van der Waals surface area contributed by atoms with Gasteiger partial charge < -0.3 is 4.90 Å². The minimum atomic E-state index is 0.0268. The molecule has 2 aromatic rings. The number of carbonyl (C=O) groups is 1. The van der Waals surface area contributed by atoms with Crippen molar-refractivity contribution in [1.82, 2.24) is 24.6 Å². The third-order valence-electron chi connectivity index (χ3n) is 4.84. The molecular formula is C16H19N5O. The summed E-state index contributed by atoms with van der Waals surface area (Å²) in [5, 5.41) is 4.37. The first-order valence-corrected chi connectivity index (χ1v) is 7.83. The first-order chi connectivity index (χ1) is 10.7. The molecule has 4 heterocycles. The first-order valence-electron chi connectivity index (χ1n) is 7.83. The second-order valence-corrected chi connectivity index (χ2v) is 6.25. The Morgan fingerprint density at radius 1 is 1.14 bits per heavy atom. The van der Waals surface area contributed by atoms with Gasteiger partial charge >= 0.3 is 0 Å². The summed E-state index contributed by atoms with van der Waals surface area (Å²) in [6.45, 7) is 1.88. The average Bonchev–Trinajstić information content (AvgIpc) is 3.14. The minimum Gasteiger partial charge on any atom is -0.331 e. The van der Waals surface area contributed by atoms with Crippen LogP contribution in [0.1, 0.15) is 47.9 Å². The predicted molar refractivity (Wildman–Crippen MR) is 80.2 cm³/mol. The number of hydrogen-bond donors (Lipinski definition) is 0. The molecule has 2 unspecified atom stereocenters. The highest BCUT2D eigenvalue weighted by atomic mass is 16.2. The van der Waals surface area contributed by atoms with Crippen LogP contribution in [0.25, 0.3) is 0 Å². The third kappa shape index (κ3) is 2.19. The highest BCUT2D eigenvalue weighted by Crippen LogP contribution is 2.41. The number of nitrogens with zero attached hydrogens (tertiary/aromatic N) is 5. The topological polar surface area (TPSA) is 63.9 Å². The van der Waals surface area contributed by atoms with Crippen molar-refractivity contribution in [3.63, 3.8) is 0 Å². The second kappa shape index (κ2) is 5.19. The van der Waals surface area contributed by atoms with E-state index in [1.807, 2.05) is 35.0 Å². The van der Waals surface area contributed by atoms with Gasteiger partial charge in [0.05, 0.1) is 17.9 Å². The van der Waals surface area contributed by atoms with Gasteiger partial charge in [0.2, 0.25) is 0 Å². The van der Waals surface area contributed by atoms with Gasteiger partial charge in [-0.15, -0.1) is 0 Å². The van der Waals surface area contributed by atoms with Crippen molar-refractivity contribution in [2.45, 2.75) is 50.7 Å². The predicted octanol–water partition coefficient (Wildman–Crippen LogP) is 1.99. The summed E-state index contributed by atoms with van der Waals surface area (Å²) in [4.78, 5) is 23.3. The zero-order valence-electron chi connectivity index (χ0n) is 12.6. The minimum absolute atomic E-state index is 0.0268. The Bertz CT molecular complexity index is 652. The maximum absolute atomic E-state index is 12.8. The Morgan fingerprint density at radius 2 is 1.91 bits per heavy atom. The van der Waals surface area contributed by atoms with E-state index in [0.717, 1.165) is 31.4 Å². The average molecular weight is 297 g/mol. The van der Waals surface area contributed by atoms with Gasteiger partial charge in [0.1, 0.15) is 5.69 Å². The normalized spacial score (nSPS) is 27.1. The molecule has 2 aromatic heterocycles. The summed E-state index contributed by atoms with van der Waals surface area (Å²) in [7, 11) is 0. The first kappa shape index (κ1) is 13.4. The number of rotatable bonds is 2. The Labute approximate surface area is 129 Å². The van der Waals surface area contributed by atoms with Crippen LogP contribution < -0.4 is 0 Å². The number of aryl methyl sites for hydroxylation is 1. The number of aromatic nitrogens is 4. The summed E-state index contributed by atoms with van der Waals surface area (Å²) >= 11 is 0. The molecule has 0 spiro atoms. The van der Waals surface area contributed by atoms with Gasteiger partial charge in [-0.05, 0) is 38.7 Å². The molecule has 22 heavy (non-hydrogen) atoms. The van der Waals surface area contributed by atoms with Crippen LogP contribution in [0.5, 0.6) is 0 Å². The van der Waals surface area contributed by atoms with E-state index < -0.39 is 0 Å². The van der Waals surface area contributed by atoms with Crippen LogP contribution >= 0.6 is 0 Å². The summed E-state index contributed by atoms with van der Waals surface area (Å²) in [5.41, 5.74) is 1.29. The van der Waals surface area contributed by atoms with Crippen molar-refractivity contribution < 1.29 is 4.79 Å². The zero-order chi connectivity index (χ0) is 15.1. The molecule has 2 bridgehead atoms. The maximum Gasteiger partial charge on any atom is 0.274 e. The van der Waals surface area contributed by atoms with Crippen LogP contribution in [-0.4, -0.2) is 42.6 Å². The molecular weight excluding hydrogens is 278 g/mol. The molecule has 6 heteroatoms. The van der Waals surface area contributed by atoms with E-state index in [4.69, 9.17) is 0 Å². The number of fused-ring (bicyclic) bond motifs is 2. The fourth-order valence-corrected chi connectivity index (χ4v) is 3.83. The van der Waals surface area contributed by atoms with Gasteiger partial charge in [0.15, 0.2) is 0 Å². The standard InChI is InChI=1S/C16H19N5O/c1-11-9-18-15(10-17-11)16(22)21-12-3-4-13(21)8-14(7-12)20-6-2-5-19-20/h2,5-6,9-10,12-14H,3-4,7-8H2,1H3. The molecule has 2 aliphatic heterocycles. The smallest absolute Gasteiger partial charge is 0.274 e. The molecule has 1 amide bonds. The van der Waals surface area contributed by atoms with E-state index in [0.29, 0.717) is 23.8 Å². The molecule has 2 fully saturated rings. The van der Waals surface area contributed by atoms with E-state index >= 15 is 0 Å². The molecule has 2 saturated heterocycles. The number of hydrogen-bond acceptors (Lipinski definition) is 4. The highest BCUT2D eigenvalue weighted by Gasteiger charge is 2.44. The lowest BCUT2D eigenvalue weighted by atomic mass is 9.97. The maximum atomic E-state index is 12.8. The van der Waals surface area contributed by atoms with Crippen LogP contribution in [0.2, 0.25) is 0 Å². The lowest BCUT2D eigenvalue weighted by Crippen LogP contribution is -2.47. The molecule has 0 N–H and O–H groups in total. The number of amides is 1. The number of carbonyl (C=O) groups excluding carboxylic acids is 1. The highest BCUT2D eigenvalue weighted by molar-refractivity contribution is 5.92. The van der Waals surface area contributed by atoms with Gasteiger partial charge in [-0.25, -0.2) is 4.98 Å². The van der Waals surface area contributed by atoms with E-state index in [1.54, 1.807) is 12.4 Å². The van der Waals surface area contributed by atoms with Crippen LogP contribution in [0, 0.1) is 6.92 Å². The third-order valence-corrected chi connectivity index (χ3v) is 4.84. The van der Waals surface area contributed by atoms with E-state index in [1.165, 1.54) is 0 Å². The van der Waals surface area contributed by atoms with Crippen molar-refractivity contribution >= 4 is 5.91 Å². The fourth-order valence-electron chi connectivity index (χ4n) is 3.83. The van der Waals surface area contributed by atoms with Crippen molar-refractivity contribution in [3.8, 4) is 0 Å². The van der Waals surface area contributed by atoms with Crippen molar-refractivity contribution in [2.24, 2.45) is 0 Å². The summed E-state index contributed by atoms with van der Waals surface area (Å²) < 4.78 is 2.04. The Balaban J connectivity index is 1.55. The monoisotopic (exact) mass is 297 g/mol. The molecule has 2 aliphatic rings. The molecule has 0 aliphatic carbocycles. The lowest BCUT2D eigenvalue weighted by Gasteiger charge is -2.38. The molecule has 0 aromatic carbocycles. The molecule has 0 saturated carbocycles. The molecule has 2 atom stereocenters. The Morgan fingerprint density at radius 3 is 2.50 bits per heavy atom. The Kier molecular flexibility index (Phi) is 3.17. The molecule has 0 radical (unpaired) electrons. The summed E-state index contributed by atoms with van der Waals surface area (Å²) in [6.07, 6.45) is 11.2. The SMILES string of the molecule is Cc1cnc(C(=O)N2C3CCC2CC(n2cccn2)C3)cn1. The van der Waals surface area contributed by atoms with Gasteiger partial charge in [-0.1, -0.05) is 0 Å². The van der Waals surface area contributed by atoms with Crippen LogP contribution in [0.4, 0.5) is 0 Å². The zero-order valence-corrected chi connectivity index (χ0v) is 12.6. The van der Waals surface area contributed by atoms with E-state index in [9.17, 15) is 4.79 Å². The van der Waals surface area contributed by atoms with E-state index in [2.05, 4.69) is 15.1 Å². The second-order valence-electron chi connectivity index (χ2n) is 6.25. The van der Waals surface area contributed by atoms with Crippen molar-refractivity contribution in [1.29, 1.82) is 0 Å². The summed E-state index contributed by atoms with van der Waals surface area (Å²) in [6, 6.07) is 2.95.